The number of aliphatic hydroxyl groups is 2. The smallest absolute Gasteiger partial charge is 0.303 e. The van der Waals surface area contributed by atoms with E-state index in [0.29, 0.717) is 6.42 Å². The van der Waals surface area contributed by atoms with Crippen LogP contribution in [0.25, 0.3) is 0 Å². The van der Waals surface area contributed by atoms with Gasteiger partial charge < -0.3 is 15.3 Å². The van der Waals surface area contributed by atoms with Gasteiger partial charge in [-0.05, 0) is 13.3 Å². The first kappa shape index (κ1) is 16.8. The van der Waals surface area contributed by atoms with Gasteiger partial charge in [-0.3, -0.25) is 4.79 Å². The normalized spacial score (nSPS) is 6.64. The van der Waals surface area contributed by atoms with Crippen molar-refractivity contribution in [3.63, 3.8) is 0 Å². The average molecular weight is 166 g/mol. The van der Waals surface area contributed by atoms with Crippen molar-refractivity contribution in [3.8, 4) is 0 Å². The molecule has 0 saturated heterocycles. The Balaban J connectivity index is -0.000000109. The van der Waals surface area contributed by atoms with E-state index in [4.69, 9.17) is 15.3 Å². The second kappa shape index (κ2) is 22.8. The lowest BCUT2D eigenvalue weighted by atomic mass is 10.4. The number of hydrogen-bond donors (Lipinski definition) is 3. The maximum Gasteiger partial charge on any atom is 0.303 e. The minimum Gasteiger partial charge on any atom is -0.481 e. The molecule has 4 nitrogen and oxygen atoms in total. The predicted molar refractivity (Wildman–Crippen MR) is 43.4 cm³/mol. The van der Waals surface area contributed by atoms with Crippen molar-refractivity contribution >= 4 is 5.97 Å². The quantitative estimate of drug-likeness (QED) is 0.557. The van der Waals surface area contributed by atoms with E-state index in [9.17, 15) is 4.79 Å². The van der Waals surface area contributed by atoms with E-state index in [2.05, 4.69) is 0 Å². The van der Waals surface area contributed by atoms with Crippen LogP contribution in [0.3, 0.4) is 0 Å². The van der Waals surface area contributed by atoms with Gasteiger partial charge in [-0.15, -0.1) is 0 Å². The van der Waals surface area contributed by atoms with Crippen molar-refractivity contribution in [2.75, 3.05) is 13.7 Å². The van der Waals surface area contributed by atoms with Crippen LogP contribution in [0.2, 0.25) is 0 Å². The lowest BCUT2D eigenvalue weighted by molar-refractivity contribution is -0.137. The molecule has 0 amide bonds. The third-order valence-electron chi connectivity index (χ3n) is 0.464. The Bertz CT molecular complexity index is 63.5. The molecular formula is C7H18O4. The second-order valence-electron chi connectivity index (χ2n) is 1.46. The summed E-state index contributed by atoms with van der Waals surface area (Å²) in [5.41, 5.74) is 0. The standard InChI is InChI=1S/C4H8O2.C2H6O.CH4O/c1-2-3-4(5)6;1-2-3;1-2/h2-3H2,1H3,(H,5,6);3H,2H2,1H3;2H,1H3. The zero-order valence-corrected chi connectivity index (χ0v) is 7.37. The van der Waals surface area contributed by atoms with Crippen molar-refractivity contribution in [3.05, 3.63) is 0 Å². The molecular weight excluding hydrogens is 148 g/mol. The highest BCUT2D eigenvalue weighted by atomic mass is 16.4. The molecule has 0 atom stereocenters. The van der Waals surface area contributed by atoms with Gasteiger partial charge in [-0.2, -0.15) is 0 Å². The number of aliphatic hydroxyl groups excluding tert-OH is 2. The van der Waals surface area contributed by atoms with Gasteiger partial charge in [0.1, 0.15) is 0 Å². The van der Waals surface area contributed by atoms with Gasteiger partial charge in [-0.25, -0.2) is 0 Å². The van der Waals surface area contributed by atoms with Gasteiger partial charge in [0.2, 0.25) is 0 Å². The highest BCUT2D eigenvalue weighted by Gasteiger charge is 1.87. The molecule has 3 N–H and O–H groups in total. The lowest BCUT2D eigenvalue weighted by Crippen LogP contribution is -1.90. The molecule has 0 spiro atoms. The van der Waals surface area contributed by atoms with Crippen LogP contribution in [0, 0.1) is 0 Å². The van der Waals surface area contributed by atoms with Gasteiger partial charge in [-0.1, -0.05) is 6.92 Å². The van der Waals surface area contributed by atoms with E-state index < -0.39 is 5.97 Å². The molecule has 0 aliphatic carbocycles. The van der Waals surface area contributed by atoms with Gasteiger partial charge in [0.15, 0.2) is 0 Å². The Morgan fingerprint density at radius 1 is 1.27 bits per heavy atom. The van der Waals surface area contributed by atoms with Crippen LogP contribution in [0.4, 0.5) is 0 Å². The van der Waals surface area contributed by atoms with Crippen LogP contribution >= 0.6 is 0 Å². The number of carbonyl (C=O) groups is 1. The molecule has 0 saturated carbocycles. The molecule has 0 aliphatic heterocycles. The lowest BCUT2D eigenvalue weighted by Gasteiger charge is -1.79. The summed E-state index contributed by atoms with van der Waals surface area (Å²) >= 11 is 0. The molecule has 0 unspecified atom stereocenters. The molecule has 0 aromatic rings. The van der Waals surface area contributed by atoms with Crippen LogP contribution in [0.1, 0.15) is 26.7 Å². The molecule has 0 bridgehead atoms. The first-order chi connectivity index (χ1) is 5.18. The second-order valence-corrected chi connectivity index (χ2v) is 1.46. The summed E-state index contributed by atoms with van der Waals surface area (Å²) < 4.78 is 0. The van der Waals surface area contributed by atoms with Crippen molar-refractivity contribution in [1.82, 2.24) is 0 Å². The minimum absolute atomic E-state index is 0.250. The monoisotopic (exact) mass is 166 g/mol. The number of aliphatic carboxylic acids is 1. The van der Waals surface area contributed by atoms with Crippen molar-refractivity contribution < 1.29 is 20.1 Å². The van der Waals surface area contributed by atoms with Gasteiger partial charge in [0, 0.05) is 20.1 Å². The van der Waals surface area contributed by atoms with E-state index in [1.54, 1.807) is 6.92 Å². The van der Waals surface area contributed by atoms with Gasteiger partial charge >= 0.3 is 5.97 Å². The molecule has 0 rings (SSSR count). The fourth-order valence-electron chi connectivity index (χ4n) is 0.214. The fourth-order valence-corrected chi connectivity index (χ4v) is 0.214. The molecule has 4 heteroatoms. The largest absolute Gasteiger partial charge is 0.481 e. The van der Waals surface area contributed by atoms with Crippen LogP contribution in [0.5, 0.6) is 0 Å². The first-order valence-corrected chi connectivity index (χ1v) is 3.46. The Labute approximate surface area is 67.5 Å². The molecule has 0 aliphatic rings. The van der Waals surface area contributed by atoms with Gasteiger partial charge in [0.25, 0.3) is 0 Å². The van der Waals surface area contributed by atoms with Crippen molar-refractivity contribution in [1.29, 1.82) is 0 Å². The highest BCUT2D eigenvalue weighted by molar-refractivity contribution is 5.66. The number of carboxylic acids is 1. The predicted octanol–water partition coefficient (Wildman–Crippen LogP) is 0.478. The minimum atomic E-state index is -0.711. The zero-order valence-electron chi connectivity index (χ0n) is 7.37. The topological polar surface area (TPSA) is 77.8 Å². The summed E-state index contributed by atoms with van der Waals surface area (Å²) in [7, 11) is 1.00. The molecule has 0 heterocycles. The zero-order chi connectivity index (χ0) is 9.70. The van der Waals surface area contributed by atoms with Crippen LogP contribution in [-0.4, -0.2) is 35.0 Å². The maximum absolute atomic E-state index is 9.60. The molecule has 0 aromatic heterocycles. The Hall–Kier alpha value is -0.610. The highest BCUT2D eigenvalue weighted by Crippen LogP contribution is 1.82. The average Bonchev–Trinajstić information content (AvgIpc) is 1.93. The summed E-state index contributed by atoms with van der Waals surface area (Å²) in [6.07, 6.45) is 1.02. The molecule has 70 valence electrons. The molecule has 11 heavy (non-hydrogen) atoms. The van der Waals surface area contributed by atoms with Crippen LogP contribution in [0.15, 0.2) is 0 Å². The maximum atomic E-state index is 9.60. The van der Waals surface area contributed by atoms with Crippen LogP contribution < -0.4 is 0 Å². The third-order valence-corrected chi connectivity index (χ3v) is 0.464. The van der Waals surface area contributed by atoms with E-state index >= 15 is 0 Å². The van der Waals surface area contributed by atoms with E-state index in [-0.39, 0.29) is 6.61 Å². The Morgan fingerprint density at radius 2 is 1.55 bits per heavy atom. The SMILES string of the molecule is CCCC(=O)O.CCO.CO. The molecule has 0 radical (unpaired) electrons. The fraction of sp³-hybridized carbons (Fsp3) is 0.857. The number of hydrogen-bond acceptors (Lipinski definition) is 3. The number of rotatable bonds is 2. The van der Waals surface area contributed by atoms with E-state index in [0.717, 1.165) is 13.5 Å². The van der Waals surface area contributed by atoms with Crippen molar-refractivity contribution in [2.45, 2.75) is 26.7 Å². The number of carboxylic acid groups (broad SMARTS) is 1. The summed E-state index contributed by atoms with van der Waals surface area (Å²) in [4.78, 5) is 9.60. The van der Waals surface area contributed by atoms with Crippen LogP contribution in [-0.2, 0) is 4.79 Å². The van der Waals surface area contributed by atoms with Crippen molar-refractivity contribution in [2.24, 2.45) is 0 Å². The molecule has 0 fully saturated rings. The van der Waals surface area contributed by atoms with E-state index in [1.807, 2.05) is 6.92 Å². The van der Waals surface area contributed by atoms with Gasteiger partial charge in [0.05, 0.1) is 0 Å². The summed E-state index contributed by atoms with van der Waals surface area (Å²) in [6.45, 7) is 3.77. The third kappa shape index (κ3) is 89.8. The Morgan fingerprint density at radius 3 is 1.55 bits per heavy atom. The Kier molecular flexibility index (Phi) is 34.7. The first-order valence-electron chi connectivity index (χ1n) is 3.46. The molecule has 0 aromatic carbocycles. The summed E-state index contributed by atoms with van der Waals surface area (Å²) in [5.74, 6) is -0.711. The summed E-state index contributed by atoms with van der Waals surface area (Å²) in [6, 6.07) is 0. The summed E-state index contributed by atoms with van der Waals surface area (Å²) in [5, 5.41) is 22.5. The van der Waals surface area contributed by atoms with E-state index in [1.165, 1.54) is 0 Å².